The Morgan fingerprint density at radius 1 is 1.00 bits per heavy atom. The molecule has 0 atom stereocenters. The molecule has 0 aromatic heterocycles. The Bertz CT molecular complexity index is 1210. The van der Waals surface area contributed by atoms with Crippen molar-refractivity contribution < 1.29 is 27.1 Å². The fourth-order valence-electron chi connectivity index (χ4n) is 3.00. The number of hydrogen-bond donors (Lipinski definition) is 1. The average molecular weight is 473 g/mol. The molecule has 9 heteroatoms. The fourth-order valence-corrected chi connectivity index (χ4v) is 4.14. The van der Waals surface area contributed by atoms with Crippen LogP contribution >= 0.6 is 0 Å². The molecule has 3 aromatic carbocycles. The van der Waals surface area contributed by atoms with Gasteiger partial charge in [0.25, 0.3) is 15.9 Å². The van der Waals surface area contributed by atoms with Crippen LogP contribution in [0.25, 0.3) is 0 Å². The Morgan fingerprint density at radius 2 is 1.67 bits per heavy atom. The summed E-state index contributed by atoms with van der Waals surface area (Å²) in [4.78, 5) is 13.8. The van der Waals surface area contributed by atoms with Crippen molar-refractivity contribution in [3.63, 3.8) is 0 Å². The van der Waals surface area contributed by atoms with Gasteiger partial charge in [0.05, 0.1) is 11.5 Å². The predicted molar refractivity (Wildman–Crippen MR) is 125 cm³/mol. The van der Waals surface area contributed by atoms with Gasteiger partial charge in [-0.15, -0.1) is 0 Å². The van der Waals surface area contributed by atoms with Crippen LogP contribution in [0.4, 0.5) is 15.8 Å². The minimum absolute atomic E-state index is 0.0657. The maximum absolute atomic E-state index is 13.1. The monoisotopic (exact) mass is 472 g/mol. The lowest BCUT2D eigenvalue weighted by atomic mass is 10.2. The molecule has 33 heavy (non-hydrogen) atoms. The summed E-state index contributed by atoms with van der Waals surface area (Å²) < 4.78 is 52.0. The molecule has 0 spiro atoms. The van der Waals surface area contributed by atoms with Gasteiger partial charge in [0.15, 0.2) is 6.61 Å². The number of hydrogen-bond acceptors (Lipinski definition) is 5. The molecule has 1 amide bonds. The van der Waals surface area contributed by atoms with E-state index in [0.29, 0.717) is 35.0 Å². The summed E-state index contributed by atoms with van der Waals surface area (Å²) in [5.74, 6) is 0.307. The van der Waals surface area contributed by atoms with Crippen molar-refractivity contribution in [1.29, 1.82) is 0 Å². The van der Waals surface area contributed by atoms with Gasteiger partial charge in [-0.25, -0.2) is 12.8 Å². The van der Waals surface area contributed by atoms with Crippen molar-refractivity contribution in [2.75, 3.05) is 29.9 Å². The Morgan fingerprint density at radius 3 is 2.27 bits per heavy atom. The largest absolute Gasteiger partial charge is 0.494 e. The summed E-state index contributed by atoms with van der Waals surface area (Å²) in [6.07, 6.45) is 0. The van der Waals surface area contributed by atoms with Crippen molar-refractivity contribution in [3.05, 3.63) is 78.1 Å². The lowest BCUT2D eigenvalue weighted by Crippen LogP contribution is -2.31. The molecule has 0 saturated heterocycles. The number of halogens is 1. The molecule has 0 bridgehead atoms. The first kappa shape index (κ1) is 24.1. The zero-order chi connectivity index (χ0) is 24.0. The summed E-state index contributed by atoms with van der Waals surface area (Å²) in [6, 6.07) is 16.5. The molecule has 0 saturated carbocycles. The summed E-state index contributed by atoms with van der Waals surface area (Å²) in [5, 5.41) is 0. The van der Waals surface area contributed by atoms with E-state index in [1.54, 1.807) is 38.2 Å². The van der Waals surface area contributed by atoms with E-state index in [2.05, 4.69) is 4.72 Å². The normalized spacial score (nSPS) is 11.0. The number of nitrogens with one attached hydrogen (secondary N) is 1. The minimum atomic E-state index is -3.81. The van der Waals surface area contributed by atoms with Crippen LogP contribution in [0.5, 0.6) is 11.5 Å². The number of ether oxygens (including phenoxy) is 2. The van der Waals surface area contributed by atoms with Crippen molar-refractivity contribution in [3.8, 4) is 11.5 Å². The topological polar surface area (TPSA) is 84.9 Å². The second kappa shape index (κ2) is 10.4. The molecule has 0 unspecified atom stereocenters. The van der Waals surface area contributed by atoms with Crippen LogP contribution in [0.1, 0.15) is 12.5 Å². The van der Waals surface area contributed by atoms with E-state index in [0.717, 1.165) is 0 Å². The molecule has 7 nitrogen and oxygen atoms in total. The van der Waals surface area contributed by atoms with Gasteiger partial charge in [0, 0.05) is 18.4 Å². The first-order chi connectivity index (χ1) is 15.7. The summed E-state index contributed by atoms with van der Waals surface area (Å²) >= 11 is 0. The molecule has 0 aliphatic rings. The van der Waals surface area contributed by atoms with Crippen molar-refractivity contribution >= 4 is 27.3 Å². The average Bonchev–Trinajstić information content (AvgIpc) is 2.79. The van der Waals surface area contributed by atoms with Crippen molar-refractivity contribution in [2.24, 2.45) is 0 Å². The highest BCUT2D eigenvalue weighted by atomic mass is 32.2. The molecule has 174 valence electrons. The highest BCUT2D eigenvalue weighted by molar-refractivity contribution is 7.92. The third kappa shape index (κ3) is 6.23. The molecule has 1 N–H and O–H groups in total. The third-order valence-electron chi connectivity index (χ3n) is 4.81. The van der Waals surface area contributed by atoms with E-state index < -0.39 is 15.8 Å². The molecule has 0 radical (unpaired) electrons. The van der Waals surface area contributed by atoms with Gasteiger partial charge in [0.2, 0.25) is 0 Å². The zero-order valence-corrected chi connectivity index (χ0v) is 19.4. The Balaban J connectivity index is 1.64. The van der Waals surface area contributed by atoms with E-state index in [-0.39, 0.29) is 17.4 Å². The number of aryl methyl sites for hydroxylation is 1. The smallest absolute Gasteiger partial charge is 0.264 e. The highest BCUT2D eigenvalue weighted by Crippen LogP contribution is 2.25. The van der Waals surface area contributed by atoms with Gasteiger partial charge in [-0.3, -0.25) is 9.52 Å². The van der Waals surface area contributed by atoms with Gasteiger partial charge in [-0.05, 0) is 86.1 Å². The number of anilines is 2. The van der Waals surface area contributed by atoms with Crippen LogP contribution in [0.3, 0.4) is 0 Å². The summed E-state index contributed by atoms with van der Waals surface area (Å²) in [5.41, 5.74) is 1.50. The quantitative estimate of drug-likeness (QED) is 0.500. The SMILES string of the molecule is CCOc1ccc(NS(=O)(=O)c2ccc(OCC(=O)N(C)c3ccc(F)cc3)c(C)c2)cc1. The fraction of sp³-hybridized carbons (Fsp3) is 0.208. The number of likely N-dealkylation sites (N-methyl/N-ethyl adjacent to an activating group) is 1. The Labute approximate surface area is 192 Å². The van der Waals surface area contributed by atoms with Gasteiger partial charge >= 0.3 is 0 Å². The molecule has 3 rings (SSSR count). The van der Waals surface area contributed by atoms with E-state index in [1.165, 1.54) is 47.4 Å². The molecule has 0 aliphatic heterocycles. The van der Waals surface area contributed by atoms with Crippen LogP contribution in [0.15, 0.2) is 71.6 Å². The lowest BCUT2D eigenvalue weighted by Gasteiger charge is -2.18. The molecule has 0 aliphatic carbocycles. The van der Waals surface area contributed by atoms with E-state index in [1.807, 2.05) is 6.92 Å². The molecule has 0 heterocycles. The second-order valence-electron chi connectivity index (χ2n) is 7.21. The Kier molecular flexibility index (Phi) is 7.55. The van der Waals surface area contributed by atoms with Gasteiger partial charge in [-0.2, -0.15) is 0 Å². The van der Waals surface area contributed by atoms with Gasteiger partial charge in [-0.1, -0.05) is 0 Å². The second-order valence-corrected chi connectivity index (χ2v) is 8.89. The number of carbonyl (C=O) groups excluding carboxylic acids is 1. The summed E-state index contributed by atoms with van der Waals surface area (Å²) in [7, 11) is -2.25. The minimum Gasteiger partial charge on any atom is -0.494 e. The van der Waals surface area contributed by atoms with Gasteiger partial charge in [0.1, 0.15) is 17.3 Å². The predicted octanol–water partition coefficient (Wildman–Crippen LogP) is 4.38. The van der Waals surface area contributed by atoms with E-state index in [9.17, 15) is 17.6 Å². The zero-order valence-electron chi connectivity index (χ0n) is 18.5. The number of amides is 1. The van der Waals surface area contributed by atoms with Gasteiger partial charge < -0.3 is 14.4 Å². The third-order valence-corrected chi connectivity index (χ3v) is 6.19. The van der Waals surface area contributed by atoms with Crippen LogP contribution in [-0.2, 0) is 14.8 Å². The Hall–Kier alpha value is -3.59. The van der Waals surface area contributed by atoms with Crippen LogP contribution in [0, 0.1) is 12.7 Å². The maximum atomic E-state index is 13.1. The first-order valence-electron chi connectivity index (χ1n) is 10.2. The number of rotatable bonds is 9. The van der Waals surface area contributed by atoms with Crippen molar-refractivity contribution in [2.45, 2.75) is 18.7 Å². The van der Waals surface area contributed by atoms with Crippen molar-refractivity contribution in [1.82, 2.24) is 0 Å². The molecule has 0 fully saturated rings. The number of nitrogens with zero attached hydrogens (tertiary/aromatic N) is 1. The lowest BCUT2D eigenvalue weighted by molar-refractivity contribution is -0.120. The number of sulfonamides is 1. The molecule has 3 aromatic rings. The standard InChI is InChI=1S/C24H25FN2O5S/c1-4-31-21-11-7-19(8-12-21)26-33(29,30)22-13-14-23(17(2)15-22)32-16-24(28)27(3)20-9-5-18(25)6-10-20/h5-15,26H,4,16H2,1-3H3. The van der Waals surface area contributed by atoms with E-state index >= 15 is 0 Å². The molecular weight excluding hydrogens is 447 g/mol. The maximum Gasteiger partial charge on any atom is 0.264 e. The van der Waals surface area contributed by atoms with E-state index in [4.69, 9.17) is 9.47 Å². The van der Waals surface area contributed by atoms with Crippen LogP contribution < -0.4 is 19.1 Å². The highest BCUT2D eigenvalue weighted by Gasteiger charge is 2.17. The number of benzene rings is 3. The summed E-state index contributed by atoms with van der Waals surface area (Å²) in [6.45, 7) is 3.82. The van der Waals surface area contributed by atoms with Crippen LogP contribution in [-0.4, -0.2) is 34.6 Å². The first-order valence-corrected chi connectivity index (χ1v) is 11.7. The number of carbonyl (C=O) groups is 1. The molecular formula is C24H25FN2O5S. The van der Waals surface area contributed by atoms with Crippen LogP contribution in [0.2, 0.25) is 0 Å².